The first kappa shape index (κ1) is 20.5. The highest BCUT2D eigenvalue weighted by Gasteiger charge is 2.08. The van der Waals surface area contributed by atoms with E-state index >= 15 is 0 Å². The largest absolute Gasteiger partial charge is 0.491 e. The van der Waals surface area contributed by atoms with Gasteiger partial charge >= 0.3 is 0 Å². The topological polar surface area (TPSA) is 59.9 Å². The number of rotatable bonds is 9. The first-order valence-electron chi connectivity index (χ1n) is 9.27. The van der Waals surface area contributed by atoms with E-state index in [2.05, 4.69) is 10.5 Å². The first-order chi connectivity index (χ1) is 12.9. The van der Waals surface area contributed by atoms with Gasteiger partial charge in [0.2, 0.25) is 5.91 Å². The van der Waals surface area contributed by atoms with Crippen LogP contribution in [0.5, 0.6) is 11.5 Å². The van der Waals surface area contributed by atoms with Crippen molar-refractivity contribution in [2.24, 2.45) is 5.10 Å². The molecule has 0 spiro atoms. The Morgan fingerprint density at radius 3 is 2.41 bits per heavy atom. The first-order valence-corrected chi connectivity index (χ1v) is 9.27. The van der Waals surface area contributed by atoms with Crippen molar-refractivity contribution in [3.8, 4) is 11.5 Å². The molecule has 0 saturated carbocycles. The van der Waals surface area contributed by atoms with Gasteiger partial charge in [-0.3, -0.25) is 4.79 Å². The quantitative estimate of drug-likeness (QED) is 0.529. The Kier molecular flexibility index (Phi) is 7.86. The number of aryl methyl sites for hydroxylation is 1. The van der Waals surface area contributed by atoms with Crippen molar-refractivity contribution in [3.05, 3.63) is 59.7 Å². The highest BCUT2D eigenvalue weighted by atomic mass is 16.5. The summed E-state index contributed by atoms with van der Waals surface area (Å²) in [6.45, 7) is 7.87. The Morgan fingerprint density at radius 1 is 1.04 bits per heavy atom. The number of nitrogens with zero attached hydrogens (tertiary/aromatic N) is 1. The molecule has 0 atom stereocenters. The minimum atomic E-state index is -0.124. The summed E-state index contributed by atoms with van der Waals surface area (Å²) in [5, 5.41) is 4.07. The van der Waals surface area contributed by atoms with Gasteiger partial charge in [0.05, 0.1) is 18.4 Å². The van der Waals surface area contributed by atoms with Crippen LogP contribution in [-0.2, 0) is 11.2 Å². The summed E-state index contributed by atoms with van der Waals surface area (Å²) < 4.78 is 11.6. The van der Waals surface area contributed by atoms with Crippen LogP contribution in [0.2, 0.25) is 0 Å². The smallest absolute Gasteiger partial charge is 0.240 e. The zero-order valence-electron chi connectivity index (χ0n) is 16.4. The molecule has 0 fully saturated rings. The van der Waals surface area contributed by atoms with Gasteiger partial charge in [0.1, 0.15) is 11.5 Å². The Hall–Kier alpha value is -2.82. The van der Waals surface area contributed by atoms with Crippen LogP contribution in [0.15, 0.2) is 53.6 Å². The second-order valence-corrected chi connectivity index (χ2v) is 6.81. The van der Waals surface area contributed by atoms with Crippen LogP contribution in [0.4, 0.5) is 0 Å². The molecule has 27 heavy (non-hydrogen) atoms. The minimum absolute atomic E-state index is 0.0203. The van der Waals surface area contributed by atoms with Crippen LogP contribution in [0, 0.1) is 0 Å². The van der Waals surface area contributed by atoms with Crippen molar-refractivity contribution < 1.29 is 14.3 Å². The van der Waals surface area contributed by atoms with Gasteiger partial charge < -0.3 is 9.47 Å². The van der Waals surface area contributed by atoms with Crippen molar-refractivity contribution in [1.82, 2.24) is 5.43 Å². The molecule has 144 valence electrons. The van der Waals surface area contributed by atoms with E-state index in [1.54, 1.807) is 6.21 Å². The predicted molar refractivity (Wildman–Crippen MR) is 108 cm³/mol. The van der Waals surface area contributed by atoms with Crippen LogP contribution in [-0.4, -0.2) is 24.3 Å². The van der Waals surface area contributed by atoms with Gasteiger partial charge in [-0.2, -0.15) is 5.10 Å². The van der Waals surface area contributed by atoms with E-state index in [0.29, 0.717) is 18.6 Å². The summed E-state index contributed by atoms with van der Waals surface area (Å²) in [5.41, 5.74) is 4.48. The standard InChI is InChI=1S/C22H28N2O3/c1-16(2)26-20-12-11-19(21(14-20)27-17(3)4)15-23-24-22(25)13-10-18-8-6-5-7-9-18/h5-9,11-12,14-17H,10,13H2,1-4H3,(H,24,25)/b23-15+. The number of hydrogen-bond acceptors (Lipinski definition) is 4. The van der Waals surface area contributed by atoms with Gasteiger partial charge in [-0.25, -0.2) is 5.43 Å². The van der Waals surface area contributed by atoms with Crippen LogP contribution >= 0.6 is 0 Å². The molecular weight excluding hydrogens is 340 g/mol. The highest BCUT2D eigenvalue weighted by molar-refractivity contribution is 5.85. The van der Waals surface area contributed by atoms with Gasteiger partial charge in [0.25, 0.3) is 0 Å². The van der Waals surface area contributed by atoms with Crippen LogP contribution < -0.4 is 14.9 Å². The molecule has 0 radical (unpaired) electrons. The van der Waals surface area contributed by atoms with Crippen LogP contribution in [0.1, 0.15) is 45.2 Å². The molecule has 2 rings (SSSR count). The number of hydrogen-bond donors (Lipinski definition) is 1. The Labute approximate surface area is 161 Å². The molecule has 0 aromatic heterocycles. The lowest BCUT2D eigenvalue weighted by molar-refractivity contribution is -0.121. The molecule has 2 aromatic rings. The molecule has 0 saturated heterocycles. The third-order valence-electron chi connectivity index (χ3n) is 3.60. The fourth-order valence-electron chi connectivity index (χ4n) is 2.46. The van der Waals surface area contributed by atoms with Crippen molar-refractivity contribution in [2.45, 2.75) is 52.7 Å². The fourth-order valence-corrected chi connectivity index (χ4v) is 2.46. The lowest BCUT2D eigenvalue weighted by atomic mass is 10.1. The van der Waals surface area contributed by atoms with Crippen LogP contribution in [0.3, 0.4) is 0 Å². The summed E-state index contributed by atoms with van der Waals surface area (Å²) >= 11 is 0. The molecule has 0 aliphatic rings. The summed E-state index contributed by atoms with van der Waals surface area (Å²) in [7, 11) is 0. The van der Waals surface area contributed by atoms with E-state index < -0.39 is 0 Å². The summed E-state index contributed by atoms with van der Waals surface area (Å²) in [4.78, 5) is 12.0. The third-order valence-corrected chi connectivity index (χ3v) is 3.60. The van der Waals surface area contributed by atoms with E-state index in [9.17, 15) is 4.79 Å². The van der Waals surface area contributed by atoms with E-state index in [1.807, 2.05) is 76.2 Å². The van der Waals surface area contributed by atoms with Crippen molar-refractivity contribution >= 4 is 12.1 Å². The maximum Gasteiger partial charge on any atom is 0.240 e. The molecular formula is C22H28N2O3. The Morgan fingerprint density at radius 2 is 1.74 bits per heavy atom. The van der Waals surface area contributed by atoms with E-state index in [-0.39, 0.29) is 18.1 Å². The monoisotopic (exact) mass is 368 g/mol. The van der Waals surface area contributed by atoms with Crippen molar-refractivity contribution in [2.75, 3.05) is 0 Å². The summed E-state index contributed by atoms with van der Waals surface area (Å²) in [6.07, 6.45) is 2.77. The molecule has 0 heterocycles. The van der Waals surface area contributed by atoms with Crippen molar-refractivity contribution in [1.29, 1.82) is 0 Å². The minimum Gasteiger partial charge on any atom is -0.491 e. The van der Waals surface area contributed by atoms with Gasteiger partial charge in [-0.05, 0) is 51.8 Å². The average Bonchev–Trinajstić information content (AvgIpc) is 2.61. The number of hydrazone groups is 1. The van der Waals surface area contributed by atoms with E-state index in [1.165, 1.54) is 0 Å². The molecule has 0 aliphatic heterocycles. The lowest BCUT2D eigenvalue weighted by Gasteiger charge is -2.15. The molecule has 1 amide bonds. The average molecular weight is 368 g/mol. The number of carbonyl (C=O) groups is 1. The molecule has 5 heteroatoms. The SMILES string of the molecule is CC(C)Oc1ccc(/C=N/NC(=O)CCc2ccccc2)c(OC(C)C)c1. The van der Waals surface area contributed by atoms with E-state index in [0.717, 1.165) is 16.9 Å². The number of ether oxygens (including phenoxy) is 2. The molecule has 0 bridgehead atoms. The number of carbonyl (C=O) groups excluding carboxylic acids is 1. The zero-order valence-corrected chi connectivity index (χ0v) is 16.4. The van der Waals surface area contributed by atoms with Gasteiger partial charge in [-0.1, -0.05) is 30.3 Å². The van der Waals surface area contributed by atoms with Gasteiger partial charge in [0.15, 0.2) is 0 Å². The second-order valence-electron chi connectivity index (χ2n) is 6.81. The van der Waals surface area contributed by atoms with E-state index in [4.69, 9.17) is 9.47 Å². The summed E-state index contributed by atoms with van der Waals surface area (Å²) in [5.74, 6) is 1.29. The molecule has 2 aromatic carbocycles. The second kappa shape index (κ2) is 10.4. The Balaban J connectivity index is 1.96. The number of nitrogens with one attached hydrogen (secondary N) is 1. The van der Waals surface area contributed by atoms with Gasteiger partial charge in [0, 0.05) is 18.1 Å². The Bertz CT molecular complexity index is 755. The maximum absolute atomic E-state index is 12.0. The lowest BCUT2D eigenvalue weighted by Crippen LogP contribution is -2.18. The molecule has 5 nitrogen and oxygen atoms in total. The maximum atomic E-state index is 12.0. The molecule has 0 aliphatic carbocycles. The molecule has 1 N–H and O–H groups in total. The van der Waals surface area contributed by atoms with Crippen LogP contribution in [0.25, 0.3) is 0 Å². The zero-order chi connectivity index (χ0) is 19.6. The van der Waals surface area contributed by atoms with Gasteiger partial charge in [-0.15, -0.1) is 0 Å². The summed E-state index contributed by atoms with van der Waals surface area (Å²) in [6, 6.07) is 15.5. The third kappa shape index (κ3) is 7.52. The highest BCUT2D eigenvalue weighted by Crippen LogP contribution is 2.25. The number of amides is 1. The normalized spacial score (nSPS) is 11.2. The molecule has 0 unspecified atom stereocenters. The predicted octanol–water partition coefficient (Wildman–Crippen LogP) is 4.34. The van der Waals surface area contributed by atoms with Crippen molar-refractivity contribution in [3.63, 3.8) is 0 Å². The number of benzene rings is 2. The fraction of sp³-hybridized carbons (Fsp3) is 0.364.